The molecule has 0 fully saturated rings. The molecule has 0 aliphatic rings. The second-order valence-corrected chi connectivity index (χ2v) is 4.62. The van der Waals surface area contributed by atoms with Crippen molar-refractivity contribution in [1.29, 1.82) is 0 Å². The van der Waals surface area contributed by atoms with E-state index < -0.39 is 0 Å². The zero-order valence-electron chi connectivity index (χ0n) is 7.40. The minimum Gasteiger partial charge on any atom is -0.306 e. The number of halogens is 2. The monoisotopic (exact) mass is 274 g/mol. The Morgan fingerprint density at radius 1 is 1.36 bits per heavy atom. The number of fused-ring (bicyclic) bond motifs is 1. The summed E-state index contributed by atoms with van der Waals surface area (Å²) >= 11 is 9.39. The van der Waals surface area contributed by atoms with Crippen molar-refractivity contribution in [2.75, 3.05) is 0 Å². The van der Waals surface area contributed by atoms with Crippen LogP contribution in [0.2, 0.25) is 0 Å². The standard InChI is InChI=1S/C9H8BrClN2O/c1-4(11)5-2-7-8(3-6(5)10)13-9(14)12-7/h2-4H,1H3,(H2,12,13,14). The van der Waals surface area contributed by atoms with E-state index in [0.717, 1.165) is 21.1 Å². The van der Waals surface area contributed by atoms with Crippen molar-refractivity contribution >= 4 is 38.6 Å². The van der Waals surface area contributed by atoms with Crippen molar-refractivity contribution in [2.24, 2.45) is 0 Å². The lowest BCUT2D eigenvalue weighted by atomic mass is 10.1. The van der Waals surface area contributed by atoms with E-state index in [2.05, 4.69) is 25.9 Å². The second kappa shape index (κ2) is 3.44. The smallest absolute Gasteiger partial charge is 0.306 e. The molecule has 0 radical (unpaired) electrons. The van der Waals surface area contributed by atoms with E-state index in [1.807, 2.05) is 19.1 Å². The van der Waals surface area contributed by atoms with Crippen LogP contribution in [0.3, 0.4) is 0 Å². The summed E-state index contributed by atoms with van der Waals surface area (Å²) in [6.45, 7) is 1.89. The number of nitrogens with one attached hydrogen (secondary N) is 2. The number of hydrogen-bond donors (Lipinski definition) is 2. The van der Waals surface area contributed by atoms with E-state index in [1.54, 1.807) is 0 Å². The largest absolute Gasteiger partial charge is 0.323 e. The molecule has 1 atom stereocenters. The number of imidazole rings is 1. The molecule has 1 aromatic carbocycles. The Labute approximate surface area is 93.6 Å². The van der Waals surface area contributed by atoms with Gasteiger partial charge in [0, 0.05) is 4.47 Å². The molecule has 0 aliphatic heterocycles. The lowest BCUT2D eigenvalue weighted by Gasteiger charge is -2.05. The predicted molar refractivity (Wildman–Crippen MR) is 60.9 cm³/mol. The van der Waals surface area contributed by atoms with Crippen LogP contribution in [0.4, 0.5) is 0 Å². The number of hydrogen-bond acceptors (Lipinski definition) is 1. The fraction of sp³-hybridized carbons (Fsp3) is 0.222. The van der Waals surface area contributed by atoms with Crippen molar-refractivity contribution in [2.45, 2.75) is 12.3 Å². The quantitative estimate of drug-likeness (QED) is 0.773. The third-order valence-corrected chi connectivity index (χ3v) is 2.98. The van der Waals surface area contributed by atoms with Gasteiger partial charge >= 0.3 is 5.69 Å². The molecule has 0 aliphatic carbocycles. The summed E-state index contributed by atoms with van der Waals surface area (Å²) < 4.78 is 0.905. The van der Waals surface area contributed by atoms with Gasteiger partial charge in [-0.2, -0.15) is 0 Å². The van der Waals surface area contributed by atoms with E-state index in [0.29, 0.717) is 0 Å². The van der Waals surface area contributed by atoms with Crippen LogP contribution >= 0.6 is 27.5 Å². The van der Waals surface area contributed by atoms with E-state index in [-0.39, 0.29) is 11.1 Å². The fourth-order valence-corrected chi connectivity index (χ4v) is 2.38. The Balaban J connectivity index is 2.76. The highest BCUT2D eigenvalue weighted by Crippen LogP contribution is 2.30. The van der Waals surface area contributed by atoms with E-state index in [4.69, 9.17) is 11.6 Å². The summed E-state index contributed by atoms with van der Waals surface area (Å²) in [6, 6.07) is 3.72. The second-order valence-electron chi connectivity index (χ2n) is 3.11. The van der Waals surface area contributed by atoms with Gasteiger partial charge in [-0.05, 0) is 24.6 Å². The molecular formula is C9H8BrClN2O. The number of alkyl halides is 1. The summed E-state index contributed by atoms with van der Waals surface area (Å²) in [5.41, 5.74) is 2.32. The van der Waals surface area contributed by atoms with Crippen molar-refractivity contribution in [3.05, 3.63) is 32.7 Å². The number of rotatable bonds is 1. The maximum Gasteiger partial charge on any atom is 0.323 e. The lowest BCUT2D eigenvalue weighted by molar-refractivity contribution is 1.08. The van der Waals surface area contributed by atoms with Gasteiger partial charge < -0.3 is 9.97 Å². The van der Waals surface area contributed by atoms with Gasteiger partial charge in [0.05, 0.1) is 16.4 Å². The van der Waals surface area contributed by atoms with Crippen LogP contribution in [-0.4, -0.2) is 9.97 Å². The maximum atomic E-state index is 11.0. The summed E-state index contributed by atoms with van der Waals surface area (Å²) in [5, 5.41) is -0.0906. The molecule has 0 bridgehead atoms. The average molecular weight is 276 g/mol. The van der Waals surface area contributed by atoms with Crippen molar-refractivity contribution in [3.63, 3.8) is 0 Å². The molecule has 1 unspecified atom stereocenters. The van der Waals surface area contributed by atoms with Crippen LogP contribution in [0.15, 0.2) is 21.4 Å². The Hall–Kier alpha value is -0.740. The highest BCUT2D eigenvalue weighted by Gasteiger charge is 2.09. The summed E-state index contributed by atoms with van der Waals surface area (Å²) in [4.78, 5) is 16.4. The molecule has 1 aromatic heterocycles. The molecular weight excluding hydrogens is 267 g/mol. The van der Waals surface area contributed by atoms with Crippen molar-refractivity contribution in [1.82, 2.24) is 9.97 Å². The van der Waals surface area contributed by atoms with Gasteiger partial charge in [-0.3, -0.25) is 0 Å². The van der Waals surface area contributed by atoms with Crippen LogP contribution in [0.5, 0.6) is 0 Å². The molecule has 2 aromatic rings. The first-order valence-corrected chi connectivity index (χ1v) is 5.36. The molecule has 1 heterocycles. The predicted octanol–water partition coefficient (Wildman–Crippen LogP) is 2.92. The molecule has 2 N–H and O–H groups in total. The zero-order valence-corrected chi connectivity index (χ0v) is 9.74. The molecule has 0 spiro atoms. The van der Waals surface area contributed by atoms with Crippen LogP contribution in [0, 0.1) is 0 Å². The highest BCUT2D eigenvalue weighted by atomic mass is 79.9. The van der Waals surface area contributed by atoms with Crippen LogP contribution < -0.4 is 5.69 Å². The first kappa shape index (κ1) is 9.80. The van der Waals surface area contributed by atoms with E-state index in [1.165, 1.54) is 0 Å². The highest BCUT2D eigenvalue weighted by molar-refractivity contribution is 9.10. The Morgan fingerprint density at radius 3 is 2.50 bits per heavy atom. The fourth-order valence-electron chi connectivity index (χ4n) is 1.38. The third kappa shape index (κ3) is 1.60. The summed E-state index contributed by atoms with van der Waals surface area (Å²) in [6.07, 6.45) is 0. The molecule has 2 rings (SSSR count). The number of H-pyrrole nitrogens is 2. The number of aromatic amines is 2. The molecule has 74 valence electrons. The van der Waals surface area contributed by atoms with Gasteiger partial charge in [0.15, 0.2) is 0 Å². The van der Waals surface area contributed by atoms with Crippen molar-refractivity contribution in [3.8, 4) is 0 Å². The van der Waals surface area contributed by atoms with Gasteiger partial charge in [-0.25, -0.2) is 4.79 Å². The Kier molecular flexibility index (Phi) is 2.41. The normalized spacial score (nSPS) is 13.4. The van der Waals surface area contributed by atoms with Crippen molar-refractivity contribution < 1.29 is 0 Å². The SMILES string of the molecule is CC(Cl)c1cc2[nH]c(=O)[nH]c2cc1Br. The summed E-state index contributed by atoms with van der Waals surface area (Å²) in [7, 11) is 0. The number of aromatic nitrogens is 2. The molecule has 0 saturated carbocycles. The molecule has 0 amide bonds. The van der Waals surface area contributed by atoms with Crippen LogP contribution in [0.1, 0.15) is 17.9 Å². The van der Waals surface area contributed by atoms with Gasteiger partial charge in [-0.1, -0.05) is 15.9 Å². The first-order chi connectivity index (χ1) is 6.58. The van der Waals surface area contributed by atoms with Gasteiger partial charge in [-0.15, -0.1) is 11.6 Å². The minimum atomic E-state index is -0.203. The minimum absolute atomic E-state index is 0.0906. The van der Waals surface area contributed by atoms with Gasteiger partial charge in [0.2, 0.25) is 0 Å². The van der Waals surface area contributed by atoms with Gasteiger partial charge in [0.1, 0.15) is 0 Å². The first-order valence-electron chi connectivity index (χ1n) is 4.13. The van der Waals surface area contributed by atoms with E-state index in [9.17, 15) is 4.79 Å². The molecule has 0 saturated heterocycles. The third-order valence-electron chi connectivity index (χ3n) is 2.06. The maximum absolute atomic E-state index is 11.0. The Bertz CT molecular complexity index is 529. The molecule has 5 heteroatoms. The molecule has 3 nitrogen and oxygen atoms in total. The topological polar surface area (TPSA) is 48.6 Å². The van der Waals surface area contributed by atoms with E-state index >= 15 is 0 Å². The van der Waals surface area contributed by atoms with Crippen LogP contribution in [0.25, 0.3) is 11.0 Å². The van der Waals surface area contributed by atoms with Crippen LogP contribution in [-0.2, 0) is 0 Å². The average Bonchev–Trinajstić information content (AvgIpc) is 2.42. The van der Waals surface area contributed by atoms with Gasteiger partial charge in [0.25, 0.3) is 0 Å². The molecule has 14 heavy (non-hydrogen) atoms. The number of benzene rings is 1. The zero-order chi connectivity index (χ0) is 10.3. The Morgan fingerprint density at radius 2 is 1.93 bits per heavy atom. The lowest BCUT2D eigenvalue weighted by Crippen LogP contribution is -1.99. The summed E-state index contributed by atoms with van der Waals surface area (Å²) in [5.74, 6) is 0.